The van der Waals surface area contributed by atoms with E-state index in [2.05, 4.69) is 14.7 Å². The zero-order valence-electron chi connectivity index (χ0n) is 15.4. The maximum atomic E-state index is 12.6. The van der Waals surface area contributed by atoms with Gasteiger partial charge in [-0.25, -0.2) is 0 Å². The van der Waals surface area contributed by atoms with Crippen molar-refractivity contribution in [2.24, 2.45) is 0 Å². The molecule has 0 bridgehead atoms. The van der Waals surface area contributed by atoms with Crippen molar-refractivity contribution < 1.29 is 27.2 Å². The molecule has 1 aliphatic rings. The van der Waals surface area contributed by atoms with Crippen molar-refractivity contribution >= 4 is 0 Å². The fraction of sp³-hybridized carbons (Fsp3) is 0.579. The Labute approximate surface area is 155 Å². The monoisotopic (exact) mass is 384 g/mol. The number of alkyl halides is 3. The van der Waals surface area contributed by atoms with Gasteiger partial charge in [0.1, 0.15) is 12.4 Å². The number of nitrogens with zero attached hydrogens (tertiary/aromatic N) is 2. The van der Waals surface area contributed by atoms with Gasteiger partial charge in [-0.05, 0) is 49.9 Å². The Balaban J connectivity index is 1.61. The van der Waals surface area contributed by atoms with Gasteiger partial charge in [-0.3, -0.25) is 0 Å². The maximum absolute atomic E-state index is 12.6. The van der Waals surface area contributed by atoms with Crippen molar-refractivity contribution in [2.75, 3.05) is 13.2 Å². The molecule has 0 unspecified atom stereocenters. The average Bonchev–Trinajstić information content (AvgIpc) is 3.12. The van der Waals surface area contributed by atoms with Gasteiger partial charge in [-0.1, -0.05) is 24.4 Å². The summed E-state index contributed by atoms with van der Waals surface area (Å²) in [6.07, 6.45) is 1.61. The molecule has 27 heavy (non-hydrogen) atoms. The summed E-state index contributed by atoms with van der Waals surface area (Å²) in [6.45, 7) is 4.61. The topological polar surface area (TPSA) is 57.4 Å². The van der Waals surface area contributed by atoms with E-state index in [9.17, 15) is 13.2 Å². The van der Waals surface area contributed by atoms with Gasteiger partial charge < -0.3 is 14.0 Å². The van der Waals surface area contributed by atoms with E-state index in [1.807, 2.05) is 13.8 Å². The highest BCUT2D eigenvalue weighted by molar-refractivity contribution is 5.61. The first-order valence-corrected chi connectivity index (χ1v) is 9.11. The molecule has 0 aliphatic heterocycles. The number of hydrogen-bond acceptors (Lipinski definition) is 5. The molecule has 1 heterocycles. The van der Waals surface area contributed by atoms with Crippen LogP contribution in [0, 0.1) is 13.8 Å². The predicted molar refractivity (Wildman–Crippen MR) is 92.5 cm³/mol. The molecule has 1 fully saturated rings. The first-order chi connectivity index (χ1) is 12.8. The summed E-state index contributed by atoms with van der Waals surface area (Å²) in [4.78, 5) is 3.43. The van der Waals surface area contributed by atoms with Crippen LogP contribution in [0.15, 0.2) is 16.7 Å². The summed E-state index contributed by atoms with van der Waals surface area (Å²) in [5, 5.41) is 3.43. The van der Waals surface area contributed by atoms with E-state index >= 15 is 0 Å². The summed E-state index contributed by atoms with van der Waals surface area (Å²) in [7, 11) is 0. The Hall–Kier alpha value is -2.09. The van der Waals surface area contributed by atoms with Crippen LogP contribution in [0.2, 0.25) is 0 Å². The molecule has 0 spiro atoms. The van der Waals surface area contributed by atoms with E-state index in [0.29, 0.717) is 30.6 Å². The average molecular weight is 384 g/mol. The molecule has 5 nitrogen and oxygen atoms in total. The molecule has 0 saturated heterocycles. The Morgan fingerprint density at radius 2 is 1.74 bits per heavy atom. The summed E-state index contributed by atoms with van der Waals surface area (Å²) >= 11 is 0. The van der Waals surface area contributed by atoms with Crippen molar-refractivity contribution in [3.05, 3.63) is 29.2 Å². The van der Waals surface area contributed by atoms with Gasteiger partial charge in [-0.2, -0.15) is 18.2 Å². The Kier molecular flexibility index (Phi) is 6.04. The second-order valence-corrected chi connectivity index (χ2v) is 6.84. The normalized spacial score (nSPS) is 15.9. The minimum atomic E-state index is -4.66. The van der Waals surface area contributed by atoms with Gasteiger partial charge in [0.05, 0.1) is 12.7 Å². The van der Waals surface area contributed by atoms with E-state index in [1.54, 1.807) is 12.1 Å². The number of hydrogen-bond donors (Lipinski definition) is 0. The number of ether oxygens (including phenoxy) is 2. The molecule has 0 atom stereocenters. The lowest BCUT2D eigenvalue weighted by atomic mass is 9.98. The third kappa shape index (κ3) is 5.00. The molecule has 148 valence electrons. The first-order valence-electron chi connectivity index (χ1n) is 9.11. The zero-order valence-corrected chi connectivity index (χ0v) is 15.4. The Morgan fingerprint density at radius 1 is 1.07 bits per heavy atom. The van der Waals surface area contributed by atoms with Gasteiger partial charge in [0.2, 0.25) is 5.82 Å². The predicted octanol–water partition coefficient (Wildman–Crippen LogP) is 5.10. The molecule has 1 aliphatic carbocycles. The van der Waals surface area contributed by atoms with Crippen LogP contribution in [-0.4, -0.2) is 29.5 Å². The van der Waals surface area contributed by atoms with Crippen LogP contribution >= 0.6 is 0 Å². The van der Waals surface area contributed by atoms with Gasteiger partial charge in [0, 0.05) is 5.56 Å². The zero-order chi connectivity index (χ0) is 19.4. The van der Waals surface area contributed by atoms with Crippen LogP contribution < -0.4 is 4.74 Å². The minimum Gasteiger partial charge on any atom is -0.491 e. The van der Waals surface area contributed by atoms with Gasteiger partial charge >= 0.3 is 12.1 Å². The molecule has 3 rings (SSSR count). The van der Waals surface area contributed by atoms with E-state index in [4.69, 9.17) is 9.47 Å². The van der Waals surface area contributed by atoms with Gasteiger partial charge in [0.25, 0.3) is 0 Å². The molecular formula is C19H23F3N2O3. The fourth-order valence-corrected chi connectivity index (χ4v) is 3.35. The first kappa shape index (κ1) is 19.7. The largest absolute Gasteiger partial charge is 0.491 e. The Morgan fingerprint density at radius 3 is 2.33 bits per heavy atom. The molecule has 8 heteroatoms. The molecule has 1 saturated carbocycles. The number of benzene rings is 1. The van der Waals surface area contributed by atoms with E-state index in [1.165, 1.54) is 19.3 Å². The Bertz CT molecular complexity index is 745. The lowest BCUT2D eigenvalue weighted by molar-refractivity contribution is -0.159. The molecule has 2 aromatic rings. The third-order valence-corrected chi connectivity index (χ3v) is 4.62. The van der Waals surface area contributed by atoms with E-state index < -0.39 is 12.1 Å². The third-order valence-electron chi connectivity index (χ3n) is 4.62. The molecule has 1 aromatic carbocycles. The van der Waals surface area contributed by atoms with E-state index in [0.717, 1.165) is 24.0 Å². The van der Waals surface area contributed by atoms with Crippen LogP contribution in [0.3, 0.4) is 0 Å². The highest BCUT2D eigenvalue weighted by Crippen LogP contribution is 2.32. The molecule has 0 N–H and O–H groups in total. The smallest absolute Gasteiger partial charge is 0.471 e. The maximum Gasteiger partial charge on any atom is 0.471 e. The molecule has 0 amide bonds. The summed E-state index contributed by atoms with van der Waals surface area (Å²) in [6, 6.07) is 3.38. The summed E-state index contributed by atoms with van der Waals surface area (Å²) in [5.41, 5.74) is 2.04. The molecular weight excluding hydrogens is 361 g/mol. The summed E-state index contributed by atoms with van der Waals surface area (Å²) in [5.74, 6) is -0.751. The van der Waals surface area contributed by atoms with Crippen LogP contribution in [0.1, 0.15) is 49.1 Å². The lowest BCUT2D eigenvalue weighted by Gasteiger charge is -2.22. The van der Waals surface area contributed by atoms with Crippen molar-refractivity contribution in [1.82, 2.24) is 10.1 Å². The second-order valence-electron chi connectivity index (χ2n) is 6.84. The van der Waals surface area contributed by atoms with Crippen molar-refractivity contribution in [3.63, 3.8) is 0 Å². The highest BCUT2D eigenvalue weighted by atomic mass is 19.4. The SMILES string of the molecule is Cc1cc(-c2noc(C(F)(F)F)n2)cc(C)c1OCCOC1CCCCC1. The second kappa shape index (κ2) is 8.29. The number of rotatable bonds is 6. The standard InChI is InChI=1S/C19H23F3N2O3/c1-12-10-14(17-23-18(27-24-17)19(20,21)22)11-13(2)16(12)26-9-8-25-15-6-4-3-5-7-15/h10-11,15H,3-9H2,1-2H3. The highest BCUT2D eigenvalue weighted by Gasteiger charge is 2.38. The van der Waals surface area contributed by atoms with E-state index in [-0.39, 0.29) is 5.82 Å². The van der Waals surface area contributed by atoms with Crippen LogP contribution in [0.5, 0.6) is 5.75 Å². The van der Waals surface area contributed by atoms with Gasteiger partial charge in [0.15, 0.2) is 0 Å². The minimum absolute atomic E-state index is 0.0966. The number of halogens is 3. The van der Waals surface area contributed by atoms with Crippen LogP contribution in [0.4, 0.5) is 13.2 Å². The summed E-state index contributed by atoms with van der Waals surface area (Å²) < 4.78 is 53.8. The van der Waals surface area contributed by atoms with Crippen molar-refractivity contribution in [2.45, 2.75) is 58.2 Å². The molecule has 1 aromatic heterocycles. The lowest BCUT2D eigenvalue weighted by Crippen LogP contribution is -2.20. The quantitative estimate of drug-likeness (QED) is 0.649. The van der Waals surface area contributed by atoms with Crippen molar-refractivity contribution in [3.8, 4) is 17.1 Å². The number of aromatic nitrogens is 2. The van der Waals surface area contributed by atoms with Crippen LogP contribution in [0.25, 0.3) is 11.4 Å². The molecule has 0 radical (unpaired) electrons. The fourth-order valence-electron chi connectivity index (χ4n) is 3.35. The van der Waals surface area contributed by atoms with Crippen LogP contribution in [-0.2, 0) is 10.9 Å². The number of aryl methyl sites for hydroxylation is 2. The van der Waals surface area contributed by atoms with Crippen molar-refractivity contribution in [1.29, 1.82) is 0 Å². The van der Waals surface area contributed by atoms with Gasteiger partial charge in [-0.15, -0.1) is 0 Å².